The van der Waals surface area contributed by atoms with E-state index in [1.54, 1.807) is 36.4 Å². The number of allylic oxidation sites excluding steroid dienone is 1. The van der Waals surface area contributed by atoms with E-state index in [4.69, 9.17) is 0 Å². The molecule has 0 aromatic heterocycles. The first-order valence-electron chi connectivity index (χ1n) is 9.55. The molecule has 0 unspecified atom stereocenters. The van der Waals surface area contributed by atoms with Gasteiger partial charge in [0.15, 0.2) is 17.5 Å². The summed E-state index contributed by atoms with van der Waals surface area (Å²) in [5.74, 6) is -4.32. The summed E-state index contributed by atoms with van der Waals surface area (Å²) >= 11 is 0. The van der Waals surface area contributed by atoms with Crippen molar-refractivity contribution in [2.24, 2.45) is 0 Å². The van der Waals surface area contributed by atoms with E-state index < -0.39 is 17.5 Å². The highest BCUT2D eigenvalue weighted by Crippen LogP contribution is 2.32. The van der Waals surface area contributed by atoms with Crippen molar-refractivity contribution in [2.45, 2.75) is 12.8 Å². The fraction of sp³-hybridized carbons (Fsp3) is 0.0769. The largest absolute Gasteiger partial charge is 0.206 e. The first-order chi connectivity index (χ1) is 14.5. The molecule has 150 valence electrons. The second-order valence-corrected chi connectivity index (χ2v) is 7.14. The van der Waals surface area contributed by atoms with Gasteiger partial charge >= 0.3 is 0 Å². The lowest BCUT2D eigenvalue weighted by Gasteiger charge is -2.10. The van der Waals surface area contributed by atoms with E-state index in [1.807, 2.05) is 24.3 Å². The molecule has 0 aliphatic carbocycles. The van der Waals surface area contributed by atoms with Crippen molar-refractivity contribution in [1.29, 1.82) is 0 Å². The summed E-state index contributed by atoms with van der Waals surface area (Å²) in [5, 5.41) is 1.35. The van der Waals surface area contributed by atoms with Crippen molar-refractivity contribution in [3.8, 4) is 22.3 Å². The summed E-state index contributed by atoms with van der Waals surface area (Å²) in [6.07, 6.45) is 3.57. The number of hydrogen-bond donors (Lipinski definition) is 0. The van der Waals surface area contributed by atoms with Gasteiger partial charge in [0.05, 0.1) is 0 Å². The van der Waals surface area contributed by atoms with Gasteiger partial charge in [-0.3, -0.25) is 0 Å². The number of aryl methyl sites for hydroxylation is 1. The minimum Gasteiger partial charge on any atom is -0.206 e. The van der Waals surface area contributed by atoms with Gasteiger partial charge in [-0.2, -0.15) is 0 Å². The van der Waals surface area contributed by atoms with Crippen LogP contribution in [0.2, 0.25) is 0 Å². The quantitative estimate of drug-likeness (QED) is 0.180. The van der Waals surface area contributed by atoms with Crippen LogP contribution < -0.4 is 0 Å². The van der Waals surface area contributed by atoms with Gasteiger partial charge in [0, 0.05) is 10.9 Å². The number of rotatable bonds is 5. The Balaban J connectivity index is 1.68. The molecule has 0 atom stereocenters. The Morgan fingerprint density at radius 3 is 2.00 bits per heavy atom. The molecule has 0 bridgehead atoms. The van der Waals surface area contributed by atoms with Gasteiger partial charge in [-0.1, -0.05) is 60.7 Å². The van der Waals surface area contributed by atoms with Crippen LogP contribution in [0.1, 0.15) is 12.0 Å². The first kappa shape index (κ1) is 19.9. The van der Waals surface area contributed by atoms with Crippen LogP contribution in [-0.4, -0.2) is 0 Å². The zero-order valence-corrected chi connectivity index (χ0v) is 16.1. The molecule has 4 aromatic carbocycles. The van der Waals surface area contributed by atoms with Crippen LogP contribution in [-0.2, 0) is 6.42 Å². The minimum absolute atomic E-state index is 0.212. The Hall–Kier alpha value is -3.40. The van der Waals surface area contributed by atoms with Crippen molar-refractivity contribution >= 4 is 10.8 Å². The van der Waals surface area contributed by atoms with E-state index >= 15 is 4.39 Å². The predicted octanol–water partition coefficient (Wildman–Crippen LogP) is 7.85. The Morgan fingerprint density at radius 1 is 0.667 bits per heavy atom. The van der Waals surface area contributed by atoms with E-state index in [0.29, 0.717) is 22.1 Å². The van der Waals surface area contributed by atoms with Crippen LogP contribution >= 0.6 is 0 Å². The topological polar surface area (TPSA) is 0 Å². The smallest absolute Gasteiger partial charge is 0.194 e. The fourth-order valence-corrected chi connectivity index (χ4v) is 3.55. The fourth-order valence-electron chi connectivity index (χ4n) is 3.55. The molecule has 0 saturated carbocycles. The van der Waals surface area contributed by atoms with Crippen molar-refractivity contribution in [3.05, 3.63) is 108 Å². The molecule has 4 aromatic rings. The lowest BCUT2D eigenvalue weighted by atomic mass is 9.96. The van der Waals surface area contributed by atoms with E-state index in [0.717, 1.165) is 35.9 Å². The maximum Gasteiger partial charge on any atom is 0.194 e. The molecule has 0 heterocycles. The van der Waals surface area contributed by atoms with Crippen LogP contribution in [0.25, 0.3) is 33.0 Å². The number of benzene rings is 4. The molecule has 0 aliphatic rings. The molecule has 0 nitrogen and oxygen atoms in total. The second kappa shape index (κ2) is 8.15. The van der Waals surface area contributed by atoms with Crippen molar-refractivity contribution < 1.29 is 17.6 Å². The molecule has 4 rings (SSSR count). The Labute approximate surface area is 172 Å². The summed E-state index contributed by atoms with van der Waals surface area (Å²) in [5.41, 5.74) is 2.91. The molecule has 0 spiro atoms. The zero-order valence-electron chi connectivity index (χ0n) is 16.1. The van der Waals surface area contributed by atoms with Crippen LogP contribution in [0.3, 0.4) is 0 Å². The standard InChI is InChI=1S/C26H18F4/c1-2-3-4-16-5-11-22-19(13-16)10-12-21(25(22)29)18-8-6-17(7-9-18)20-14-23(27)26(30)24(28)15-20/h2,5-15H,1,3-4H2. The highest BCUT2D eigenvalue weighted by molar-refractivity contribution is 5.89. The Bertz CT molecular complexity index is 1220. The first-order valence-corrected chi connectivity index (χ1v) is 9.55. The lowest BCUT2D eigenvalue weighted by Crippen LogP contribution is -1.92. The molecule has 0 amide bonds. The molecule has 0 radical (unpaired) electrons. The zero-order chi connectivity index (χ0) is 21.3. The molecule has 0 fully saturated rings. The number of halogens is 4. The van der Waals surface area contributed by atoms with Crippen molar-refractivity contribution in [1.82, 2.24) is 0 Å². The third kappa shape index (κ3) is 3.73. The van der Waals surface area contributed by atoms with Crippen LogP contribution in [0.4, 0.5) is 17.6 Å². The maximum absolute atomic E-state index is 15.2. The van der Waals surface area contributed by atoms with E-state index in [9.17, 15) is 13.2 Å². The number of hydrogen-bond acceptors (Lipinski definition) is 0. The SMILES string of the molecule is C=CCCc1ccc2c(F)c(-c3ccc(-c4cc(F)c(F)c(F)c4)cc3)ccc2c1. The molecule has 4 heteroatoms. The predicted molar refractivity (Wildman–Crippen MR) is 113 cm³/mol. The Morgan fingerprint density at radius 2 is 1.33 bits per heavy atom. The summed E-state index contributed by atoms with van der Waals surface area (Å²) < 4.78 is 55.3. The average molecular weight is 406 g/mol. The van der Waals surface area contributed by atoms with Crippen molar-refractivity contribution in [3.63, 3.8) is 0 Å². The van der Waals surface area contributed by atoms with E-state index in [1.165, 1.54) is 0 Å². The van der Waals surface area contributed by atoms with Gasteiger partial charge in [0.25, 0.3) is 0 Å². The molecular weight excluding hydrogens is 388 g/mol. The third-order valence-electron chi connectivity index (χ3n) is 5.17. The average Bonchev–Trinajstić information content (AvgIpc) is 2.76. The monoisotopic (exact) mass is 406 g/mol. The summed E-state index contributed by atoms with van der Waals surface area (Å²) in [4.78, 5) is 0. The maximum atomic E-state index is 15.2. The summed E-state index contributed by atoms with van der Waals surface area (Å²) in [6.45, 7) is 3.72. The van der Waals surface area contributed by atoms with Crippen LogP contribution in [0.5, 0.6) is 0 Å². The second-order valence-electron chi connectivity index (χ2n) is 7.14. The van der Waals surface area contributed by atoms with Gasteiger partial charge < -0.3 is 0 Å². The van der Waals surface area contributed by atoms with Gasteiger partial charge in [-0.25, -0.2) is 17.6 Å². The summed E-state index contributed by atoms with van der Waals surface area (Å²) in [7, 11) is 0. The molecule has 30 heavy (non-hydrogen) atoms. The summed E-state index contributed by atoms with van der Waals surface area (Å²) in [6, 6.07) is 17.8. The van der Waals surface area contributed by atoms with E-state index in [2.05, 4.69) is 6.58 Å². The van der Waals surface area contributed by atoms with Gasteiger partial charge in [-0.15, -0.1) is 6.58 Å². The highest BCUT2D eigenvalue weighted by Gasteiger charge is 2.13. The molecular formula is C26H18F4. The van der Waals surface area contributed by atoms with Crippen molar-refractivity contribution in [2.75, 3.05) is 0 Å². The van der Waals surface area contributed by atoms with Gasteiger partial charge in [-0.05, 0) is 52.6 Å². The normalized spacial score (nSPS) is 11.1. The molecule has 0 saturated heterocycles. The minimum atomic E-state index is -1.50. The van der Waals surface area contributed by atoms with Gasteiger partial charge in [0.1, 0.15) is 5.82 Å². The number of fused-ring (bicyclic) bond motifs is 1. The molecule has 0 N–H and O–H groups in total. The Kier molecular flexibility index (Phi) is 5.40. The van der Waals surface area contributed by atoms with Crippen LogP contribution in [0.15, 0.2) is 79.4 Å². The van der Waals surface area contributed by atoms with Crippen LogP contribution in [0, 0.1) is 23.3 Å². The van der Waals surface area contributed by atoms with Gasteiger partial charge in [0.2, 0.25) is 0 Å². The molecule has 0 aliphatic heterocycles. The lowest BCUT2D eigenvalue weighted by molar-refractivity contribution is 0.448. The van der Waals surface area contributed by atoms with E-state index in [-0.39, 0.29) is 11.4 Å². The third-order valence-corrected chi connectivity index (χ3v) is 5.17. The highest BCUT2D eigenvalue weighted by atomic mass is 19.2.